The molecule has 2 aliphatic heterocycles. The normalized spacial score (nSPS) is 22.5. The molecule has 1 N–H and O–H groups in total. The van der Waals surface area contributed by atoms with Crippen LogP contribution in [0.25, 0.3) is 0 Å². The lowest BCUT2D eigenvalue weighted by atomic mass is 10.1. The van der Waals surface area contributed by atoms with E-state index in [1.54, 1.807) is 12.1 Å². The minimum Gasteiger partial charge on any atom is -0.377 e. The van der Waals surface area contributed by atoms with Gasteiger partial charge in [-0.05, 0) is 25.5 Å². The maximum absolute atomic E-state index is 11.6. The van der Waals surface area contributed by atoms with Crippen LogP contribution in [0.4, 0.5) is 11.4 Å². The summed E-state index contributed by atoms with van der Waals surface area (Å²) in [7, 11) is 0. The average molecular weight is 295 g/mol. The molecule has 0 aliphatic carbocycles. The summed E-state index contributed by atoms with van der Waals surface area (Å²) in [5.41, 5.74) is 1.72. The third kappa shape index (κ3) is 2.27. The predicted molar refractivity (Wildman–Crippen MR) is 76.7 cm³/mol. The lowest BCUT2D eigenvalue weighted by Gasteiger charge is -2.25. The molecule has 1 fully saturated rings. The molecule has 1 atom stereocenters. The van der Waals surface area contributed by atoms with Crippen LogP contribution in [0.5, 0.6) is 0 Å². The second kappa shape index (κ2) is 5.07. The first-order valence-electron chi connectivity index (χ1n) is 6.62. The van der Waals surface area contributed by atoms with Crippen molar-refractivity contribution in [2.75, 3.05) is 29.9 Å². The molecule has 6 heteroatoms. The standard InChI is InChI=1S/C14H15ClN2O3/c1-8-7-17(3-2-4-20-8)12-6-11-9(5-10(12)15)13(18)14(19)16-11/h5-6,8H,2-4,7H2,1H3,(H,16,18,19). The van der Waals surface area contributed by atoms with Crippen molar-refractivity contribution in [2.45, 2.75) is 19.4 Å². The number of benzene rings is 1. The Kier molecular flexibility index (Phi) is 3.40. The van der Waals surface area contributed by atoms with Gasteiger partial charge in [0.2, 0.25) is 0 Å². The Balaban J connectivity index is 1.97. The van der Waals surface area contributed by atoms with Crippen molar-refractivity contribution in [3.8, 4) is 0 Å². The van der Waals surface area contributed by atoms with E-state index in [-0.39, 0.29) is 6.10 Å². The number of ether oxygens (including phenoxy) is 1. The topological polar surface area (TPSA) is 58.6 Å². The summed E-state index contributed by atoms with van der Waals surface area (Å²) in [6.07, 6.45) is 1.04. The van der Waals surface area contributed by atoms with Crippen molar-refractivity contribution in [1.82, 2.24) is 0 Å². The molecule has 5 nitrogen and oxygen atoms in total. The van der Waals surface area contributed by atoms with Crippen molar-refractivity contribution in [3.63, 3.8) is 0 Å². The van der Waals surface area contributed by atoms with Crippen LogP contribution in [-0.2, 0) is 9.53 Å². The number of halogens is 1. The Labute approximate surface area is 121 Å². The Morgan fingerprint density at radius 2 is 2.20 bits per heavy atom. The molecule has 1 aromatic carbocycles. The molecular weight excluding hydrogens is 280 g/mol. The molecule has 2 aliphatic rings. The van der Waals surface area contributed by atoms with Gasteiger partial charge in [-0.3, -0.25) is 9.59 Å². The first kappa shape index (κ1) is 13.4. The largest absolute Gasteiger partial charge is 0.377 e. The number of carbonyl (C=O) groups excluding carboxylic acids is 2. The predicted octanol–water partition coefficient (Wildman–Crippen LogP) is 2.09. The smallest absolute Gasteiger partial charge is 0.296 e. The Bertz CT molecular complexity index is 588. The van der Waals surface area contributed by atoms with E-state index in [0.717, 1.165) is 31.8 Å². The molecule has 1 unspecified atom stereocenters. The number of carbonyl (C=O) groups is 2. The van der Waals surface area contributed by atoms with E-state index < -0.39 is 11.7 Å². The van der Waals surface area contributed by atoms with Crippen LogP contribution in [0.15, 0.2) is 12.1 Å². The highest BCUT2D eigenvalue weighted by Gasteiger charge is 2.30. The summed E-state index contributed by atoms with van der Waals surface area (Å²) in [6.45, 7) is 4.32. The first-order chi connectivity index (χ1) is 9.56. The highest BCUT2D eigenvalue weighted by molar-refractivity contribution is 6.52. The average Bonchev–Trinajstić information content (AvgIpc) is 2.59. The molecule has 1 amide bonds. The van der Waals surface area contributed by atoms with Crippen LogP contribution in [-0.4, -0.2) is 37.5 Å². The van der Waals surface area contributed by atoms with E-state index in [0.29, 0.717) is 16.3 Å². The summed E-state index contributed by atoms with van der Waals surface area (Å²) < 4.78 is 5.61. The number of fused-ring (bicyclic) bond motifs is 1. The number of hydrogen-bond donors (Lipinski definition) is 1. The second-order valence-electron chi connectivity index (χ2n) is 5.11. The molecule has 3 rings (SSSR count). The van der Waals surface area contributed by atoms with Crippen LogP contribution >= 0.6 is 11.6 Å². The maximum Gasteiger partial charge on any atom is 0.296 e. The second-order valence-corrected chi connectivity index (χ2v) is 5.52. The van der Waals surface area contributed by atoms with Crippen molar-refractivity contribution in [1.29, 1.82) is 0 Å². The summed E-state index contributed by atoms with van der Waals surface area (Å²) in [5.74, 6) is -1.12. The molecule has 2 heterocycles. The fourth-order valence-corrected chi connectivity index (χ4v) is 2.89. The van der Waals surface area contributed by atoms with E-state index in [9.17, 15) is 9.59 Å². The van der Waals surface area contributed by atoms with Crippen molar-refractivity contribution in [2.24, 2.45) is 0 Å². The van der Waals surface area contributed by atoms with Gasteiger partial charge in [0, 0.05) is 19.7 Å². The van der Waals surface area contributed by atoms with Gasteiger partial charge >= 0.3 is 0 Å². The molecule has 0 aromatic heterocycles. The lowest BCUT2D eigenvalue weighted by molar-refractivity contribution is -0.112. The molecule has 0 radical (unpaired) electrons. The molecule has 1 aromatic rings. The van der Waals surface area contributed by atoms with Gasteiger partial charge in [0.25, 0.3) is 11.7 Å². The fourth-order valence-electron chi connectivity index (χ4n) is 2.61. The maximum atomic E-state index is 11.6. The van der Waals surface area contributed by atoms with Crippen LogP contribution in [0.2, 0.25) is 5.02 Å². The van der Waals surface area contributed by atoms with E-state index in [1.807, 2.05) is 6.92 Å². The van der Waals surface area contributed by atoms with Gasteiger partial charge in [-0.25, -0.2) is 0 Å². The minimum atomic E-state index is -0.596. The van der Waals surface area contributed by atoms with Crippen molar-refractivity contribution < 1.29 is 14.3 Å². The van der Waals surface area contributed by atoms with E-state index in [2.05, 4.69) is 10.2 Å². The minimum absolute atomic E-state index is 0.123. The zero-order valence-corrected chi connectivity index (χ0v) is 11.9. The van der Waals surface area contributed by atoms with Crippen LogP contribution in [0.3, 0.4) is 0 Å². The third-order valence-electron chi connectivity index (χ3n) is 3.58. The number of rotatable bonds is 1. The Morgan fingerprint density at radius 1 is 1.40 bits per heavy atom. The third-order valence-corrected chi connectivity index (χ3v) is 3.88. The summed E-state index contributed by atoms with van der Waals surface area (Å²) in [4.78, 5) is 25.2. The number of anilines is 2. The van der Waals surface area contributed by atoms with Crippen LogP contribution in [0, 0.1) is 0 Å². The molecular formula is C14H15ClN2O3. The Morgan fingerprint density at radius 3 is 3.00 bits per heavy atom. The summed E-state index contributed by atoms with van der Waals surface area (Å²) in [5, 5.41) is 3.06. The molecule has 0 spiro atoms. The van der Waals surface area contributed by atoms with Crippen molar-refractivity contribution >= 4 is 34.7 Å². The number of Topliss-reactive ketones (excluding diaryl/α,β-unsaturated/α-hetero) is 1. The SMILES string of the molecule is CC1CN(c2cc3c(cc2Cl)C(=O)C(=O)N3)CCCO1. The zero-order chi connectivity index (χ0) is 14.3. The first-order valence-corrected chi connectivity index (χ1v) is 7.00. The van der Waals surface area contributed by atoms with Gasteiger partial charge in [0.15, 0.2) is 0 Å². The summed E-state index contributed by atoms with van der Waals surface area (Å²) in [6, 6.07) is 3.35. The molecule has 0 saturated carbocycles. The highest BCUT2D eigenvalue weighted by Crippen LogP contribution is 2.35. The number of ketones is 1. The van der Waals surface area contributed by atoms with Gasteiger partial charge in [0.1, 0.15) is 0 Å². The number of nitrogens with zero attached hydrogens (tertiary/aromatic N) is 1. The van der Waals surface area contributed by atoms with Crippen LogP contribution < -0.4 is 10.2 Å². The molecule has 20 heavy (non-hydrogen) atoms. The quantitative estimate of drug-likeness (QED) is 0.806. The van der Waals surface area contributed by atoms with Gasteiger partial charge in [0.05, 0.1) is 28.1 Å². The van der Waals surface area contributed by atoms with Gasteiger partial charge in [-0.2, -0.15) is 0 Å². The highest BCUT2D eigenvalue weighted by atomic mass is 35.5. The van der Waals surface area contributed by atoms with E-state index in [4.69, 9.17) is 16.3 Å². The Hall–Kier alpha value is -1.59. The fraction of sp³-hybridized carbons (Fsp3) is 0.429. The van der Waals surface area contributed by atoms with Crippen molar-refractivity contribution in [3.05, 3.63) is 22.7 Å². The van der Waals surface area contributed by atoms with E-state index in [1.165, 1.54) is 0 Å². The van der Waals surface area contributed by atoms with Gasteiger partial charge in [-0.1, -0.05) is 11.6 Å². The molecule has 1 saturated heterocycles. The van der Waals surface area contributed by atoms with Gasteiger partial charge in [-0.15, -0.1) is 0 Å². The zero-order valence-electron chi connectivity index (χ0n) is 11.1. The monoisotopic (exact) mass is 294 g/mol. The molecule has 106 valence electrons. The molecule has 0 bridgehead atoms. The number of amides is 1. The van der Waals surface area contributed by atoms with Crippen LogP contribution in [0.1, 0.15) is 23.7 Å². The lowest BCUT2D eigenvalue weighted by Crippen LogP contribution is -2.30. The summed E-state index contributed by atoms with van der Waals surface area (Å²) >= 11 is 6.28. The number of hydrogen-bond acceptors (Lipinski definition) is 4. The van der Waals surface area contributed by atoms with E-state index >= 15 is 0 Å². The number of nitrogens with one attached hydrogen (secondary N) is 1. The van der Waals surface area contributed by atoms with Gasteiger partial charge < -0.3 is 15.0 Å².